The number of carboxylic acid groups (broad SMARTS) is 1. The number of carboxylic acids is 1. The fraction of sp³-hybridized carbons (Fsp3) is 0.833. The lowest BCUT2D eigenvalue weighted by molar-refractivity contribution is -0.154. The highest BCUT2D eigenvalue weighted by atomic mass is 16.5. The number of nitrogens with zero attached hydrogens (tertiary/aromatic N) is 1. The Morgan fingerprint density at radius 2 is 2.18 bits per heavy atom. The van der Waals surface area contributed by atoms with Crippen molar-refractivity contribution in [3.8, 4) is 0 Å². The molecule has 96 valence electrons. The zero-order chi connectivity index (χ0) is 12.5. The molecule has 0 spiro atoms. The molecule has 1 heterocycles. The molecule has 1 N–H and O–H groups in total. The highest BCUT2D eigenvalue weighted by Gasteiger charge is 2.58. The summed E-state index contributed by atoms with van der Waals surface area (Å²) in [4.78, 5) is 25.0. The van der Waals surface area contributed by atoms with Gasteiger partial charge in [-0.2, -0.15) is 0 Å². The van der Waals surface area contributed by atoms with Crippen LogP contribution in [0.15, 0.2) is 0 Å². The molecule has 1 saturated heterocycles. The van der Waals surface area contributed by atoms with E-state index in [-0.39, 0.29) is 5.91 Å². The number of hydrogen-bond acceptors (Lipinski definition) is 3. The third-order valence-corrected chi connectivity index (χ3v) is 3.78. The van der Waals surface area contributed by atoms with Crippen molar-refractivity contribution in [2.75, 3.05) is 26.8 Å². The molecule has 0 aromatic heterocycles. The molecule has 1 saturated carbocycles. The number of carbonyl (C=O) groups is 2. The maximum Gasteiger partial charge on any atom is 0.319 e. The Hall–Kier alpha value is -1.10. The third kappa shape index (κ3) is 2.29. The van der Waals surface area contributed by atoms with E-state index < -0.39 is 11.4 Å². The van der Waals surface area contributed by atoms with E-state index in [9.17, 15) is 9.59 Å². The van der Waals surface area contributed by atoms with Gasteiger partial charge in [0.15, 0.2) is 0 Å². The van der Waals surface area contributed by atoms with Crippen LogP contribution in [-0.2, 0) is 14.3 Å². The number of likely N-dealkylation sites (tertiary alicyclic amines) is 1. The number of methoxy groups -OCH3 is 1. The first-order valence-electron chi connectivity index (χ1n) is 6.12. The van der Waals surface area contributed by atoms with Gasteiger partial charge in [-0.3, -0.25) is 9.59 Å². The average Bonchev–Trinajstić information content (AvgIpc) is 3.10. The molecule has 1 aliphatic carbocycles. The molecule has 0 unspecified atom stereocenters. The number of ether oxygens (including phenoxy) is 1. The minimum absolute atomic E-state index is 0.189. The van der Waals surface area contributed by atoms with E-state index >= 15 is 0 Å². The van der Waals surface area contributed by atoms with Crippen LogP contribution >= 0.6 is 0 Å². The zero-order valence-corrected chi connectivity index (χ0v) is 10.1. The highest BCUT2D eigenvalue weighted by molar-refractivity contribution is 6.04. The standard InChI is InChI=1S/C12H19NO4/c1-17-8-9-3-2-6-13(7-9)10(14)12(4-5-12)11(15)16/h9H,2-8H2,1H3,(H,15,16)/t9-/m1/s1. The SMILES string of the molecule is COC[C@@H]1CCCN(C(=O)C2(C(=O)O)CC2)C1. The van der Waals surface area contributed by atoms with Gasteiger partial charge in [-0.25, -0.2) is 0 Å². The number of piperidine rings is 1. The summed E-state index contributed by atoms with van der Waals surface area (Å²) < 4.78 is 5.10. The van der Waals surface area contributed by atoms with Crippen LogP contribution in [0.4, 0.5) is 0 Å². The number of carbonyl (C=O) groups excluding carboxylic acids is 1. The van der Waals surface area contributed by atoms with Crippen molar-refractivity contribution in [1.29, 1.82) is 0 Å². The number of rotatable bonds is 4. The lowest BCUT2D eigenvalue weighted by atomic mass is 9.96. The van der Waals surface area contributed by atoms with E-state index in [1.807, 2.05) is 0 Å². The molecule has 2 fully saturated rings. The lowest BCUT2D eigenvalue weighted by Crippen LogP contribution is -2.46. The first kappa shape index (κ1) is 12.4. The molecule has 2 aliphatic rings. The molecule has 5 nitrogen and oxygen atoms in total. The van der Waals surface area contributed by atoms with Crippen LogP contribution in [0.25, 0.3) is 0 Å². The van der Waals surface area contributed by atoms with Gasteiger partial charge < -0.3 is 14.7 Å². The normalized spacial score (nSPS) is 26.6. The van der Waals surface area contributed by atoms with Crippen LogP contribution in [-0.4, -0.2) is 48.7 Å². The molecule has 0 bridgehead atoms. The molecule has 5 heteroatoms. The number of hydrogen-bond donors (Lipinski definition) is 1. The van der Waals surface area contributed by atoms with Crippen molar-refractivity contribution in [2.24, 2.45) is 11.3 Å². The van der Waals surface area contributed by atoms with Crippen LogP contribution in [0.5, 0.6) is 0 Å². The summed E-state index contributed by atoms with van der Waals surface area (Å²) >= 11 is 0. The zero-order valence-electron chi connectivity index (χ0n) is 10.1. The summed E-state index contributed by atoms with van der Waals surface area (Å²) in [5.41, 5.74) is -1.09. The molecular weight excluding hydrogens is 222 g/mol. The van der Waals surface area contributed by atoms with Crippen molar-refractivity contribution >= 4 is 11.9 Å². The van der Waals surface area contributed by atoms with Gasteiger partial charge in [0.05, 0.1) is 6.61 Å². The maximum absolute atomic E-state index is 12.2. The Bertz CT molecular complexity index is 322. The summed E-state index contributed by atoms with van der Waals surface area (Å²) in [6.45, 7) is 1.97. The Balaban J connectivity index is 1.98. The fourth-order valence-corrected chi connectivity index (χ4v) is 2.57. The maximum atomic E-state index is 12.2. The summed E-state index contributed by atoms with van der Waals surface area (Å²) in [6.07, 6.45) is 2.98. The van der Waals surface area contributed by atoms with Crippen LogP contribution in [0.3, 0.4) is 0 Å². The van der Waals surface area contributed by atoms with E-state index in [1.165, 1.54) is 0 Å². The predicted molar refractivity (Wildman–Crippen MR) is 60.5 cm³/mol. The molecule has 1 aliphatic heterocycles. The van der Waals surface area contributed by atoms with Crippen LogP contribution in [0.2, 0.25) is 0 Å². The van der Waals surface area contributed by atoms with Crippen molar-refractivity contribution in [1.82, 2.24) is 4.90 Å². The van der Waals surface area contributed by atoms with Gasteiger partial charge in [-0.1, -0.05) is 0 Å². The molecule has 0 aromatic rings. The minimum Gasteiger partial charge on any atom is -0.480 e. The Labute approximate surface area is 101 Å². The van der Waals surface area contributed by atoms with Gasteiger partial charge in [0.2, 0.25) is 5.91 Å². The molecule has 1 amide bonds. The highest BCUT2D eigenvalue weighted by Crippen LogP contribution is 2.47. The summed E-state index contributed by atoms with van der Waals surface area (Å²) in [5, 5.41) is 9.10. The topological polar surface area (TPSA) is 66.8 Å². The molecule has 0 radical (unpaired) electrons. The quantitative estimate of drug-likeness (QED) is 0.737. The van der Waals surface area contributed by atoms with Gasteiger partial charge >= 0.3 is 5.97 Å². The molecule has 17 heavy (non-hydrogen) atoms. The smallest absolute Gasteiger partial charge is 0.319 e. The largest absolute Gasteiger partial charge is 0.480 e. The van der Waals surface area contributed by atoms with Crippen molar-refractivity contribution in [3.05, 3.63) is 0 Å². The summed E-state index contributed by atoms with van der Waals surface area (Å²) in [5.74, 6) is -0.801. The van der Waals surface area contributed by atoms with E-state index in [1.54, 1.807) is 12.0 Å². The van der Waals surface area contributed by atoms with E-state index in [4.69, 9.17) is 9.84 Å². The monoisotopic (exact) mass is 241 g/mol. The summed E-state index contributed by atoms with van der Waals surface area (Å²) in [6, 6.07) is 0. The lowest BCUT2D eigenvalue weighted by Gasteiger charge is -2.34. The average molecular weight is 241 g/mol. The van der Waals surface area contributed by atoms with Gasteiger partial charge in [0, 0.05) is 20.2 Å². The van der Waals surface area contributed by atoms with Gasteiger partial charge in [0.25, 0.3) is 0 Å². The van der Waals surface area contributed by atoms with Crippen LogP contribution < -0.4 is 0 Å². The van der Waals surface area contributed by atoms with E-state index in [0.29, 0.717) is 38.5 Å². The second-order valence-corrected chi connectivity index (χ2v) is 5.10. The fourth-order valence-electron chi connectivity index (χ4n) is 2.57. The minimum atomic E-state index is -1.09. The Morgan fingerprint density at radius 1 is 1.47 bits per heavy atom. The van der Waals surface area contributed by atoms with E-state index in [0.717, 1.165) is 12.8 Å². The second kappa shape index (κ2) is 4.64. The third-order valence-electron chi connectivity index (χ3n) is 3.78. The first-order valence-corrected chi connectivity index (χ1v) is 6.12. The van der Waals surface area contributed by atoms with E-state index in [2.05, 4.69) is 0 Å². The summed E-state index contributed by atoms with van der Waals surface area (Å²) in [7, 11) is 1.65. The molecule has 2 rings (SSSR count). The van der Waals surface area contributed by atoms with Crippen molar-refractivity contribution in [3.63, 3.8) is 0 Å². The van der Waals surface area contributed by atoms with Crippen molar-refractivity contribution in [2.45, 2.75) is 25.7 Å². The molecule has 0 aromatic carbocycles. The van der Waals surface area contributed by atoms with Gasteiger partial charge in [0.1, 0.15) is 5.41 Å². The Kier molecular flexibility index (Phi) is 3.38. The van der Waals surface area contributed by atoms with Crippen LogP contribution in [0, 0.1) is 11.3 Å². The van der Waals surface area contributed by atoms with Gasteiger partial charge in [-0.05, 0) is 31.6 Å². The Morgan fingerprint density at radius 3 is 2.71 bits per heavy atom. The van der Waals surface area contributed by atoms with Crippen LogP contribution in [0.1, 0.15) is 25.7 Å². The molecule has 1 atom stereocenters. The van der Waals surface area contributed by atoms with Gasteiger partial charge in [-0.15, -0.1) is 0 Å². The number of aliphatic carboxylic acids is 1. The van der Waals surface area contributed by atoms with Crippen molar-refractivity contribution < 1.29 is 19.4 Å². The predicted octanol–water partition coefficient (Wildman–Crippen LogP) is 0.736. The first-order chi connectivity index (χ1) is 8.10. The molecular formula is C12H19NO4. The number of amides is 1. The second-order valence-electron chi connectivity index (χ2n) is 5.10.